The maximum Gasteiger partial charge on any atom is 0.0412 e. The minimum absolute atomic E-state index is 0.580. The fraction of sp³-hybridized carbons (Fsp3) is 0.625. The van der Waals surface area contributed by atoms with E-state index < -0.39 is 0 Å². The van der Waals surface area contributed by atoms with Gasteiger partial charge >= 0.3 is 0 Å². The Balaban J connectivity index is 2.85. The highest BCUT2D eigenvalue weighted by Gasteiger charge is 2.13. The molecule has 0 aliphatic carbocycles. The summed E-state index contributed by atoms with van der Waals surface area (Å²) in [6.07, 6.45) is 3.63. The lowest BCUT2D eigenvalue weighted by molar-refractivity contribution is 0.610. The number of nitrogens with zero attached hydrogens (tertiary/aromatic N) is 1. The monoisotopic (exact) mass is 326 g/mol. The van der Waals surface area contributed by atoms with Gasteiger partial charge in [-0.25, -0.2) is 0 Å². The highest BCUT2D eigenvalue weighted by molar-refractivity contribution is 9.10. The van der Waals surface area contributed by atoms with Crippen molar-refractivity contribution >= 4 is 21.6 Å². The van der Waals surface area contributed by atoms with Crippen LogP contribution < -0.4 is 10.2 Å². The number of halogens is 1. The molecule has 108 valence electrons. The Bertz CT molecular complexity index is 379. The first-order valence-electron chi connectivity index (χ1n) is 7.32. The summed E-state index contributed by atoms with van der Waals surface area (Å²) in [7, 11) is 2.20. The predicted molar refractivity (Wildman–Crippen MR) is 88.9 cm³/mol. The molecule has 0 bridgehead atoms. The Hall–Kier alpha value is -0.540. The van der Waals surface area contributed by atoms with Crippen molar-refractivity contribution in [1.82, 2.24) is 5.32 Å². The Kier molecular flexibility index (Phi) is 7.47. The van der Waals surface area contributed by atoms with Gasteiger partial charge in [0, 0.05) is 29.8 Å². The molecule has 1 rings (SSSR count). The number of nitrogens with one attached hydrogen (secondary N) is 1. The summed E-state index contributed by atoms with van der Waals surface area (Å²) >= 11 is 3.58. The second kappa shape index (κ2) is 8.60. The third-order valence-corrected chi connectivity index (χ3v) is 4.02. The SMILES string of the molecule is CCCNCc1cc(Br)ccc1N(C)C(C)CCC. The van der Waals surface area contributed by atoms with Crippen LogP contribution in [0.5, 0.6) is 0 Å². The van der Waals surface area contributed by atoms with E-state index in [0.717, 1.165) is 17.6 Å². The molecule has 1 atom stereocenters. The molecule has 0 spiro atoms. The van der Waals surface area contributed by atoms with Crippen LogP contribution in [0.1, 0.15) is 45.6 Å². The van der Waals surface area contributed by atoms with Gasteiger partial charge in [0.2, 0.25) is 0 Å². The highest BCUT2D eigenvalue weighted by Crippen LogP contribution is 2.26. The molecule has 19 heavy (non-hydrogen) atoms. The predicted octanol–water partition coefficient (Wildman–Crippen LogP) is 4.57. The molecule has 0 saturated heterocycles. The second-order valence-corrected chi connectivity index (χ2v) is 6.11. The topological polar surface area (TPSA) is 15.3 Å². The molecule has 0 fully saturated rings. The lowest BCUT2D eigenvalue weighted by Crippen LogP contribution is -2.30. The third kappa shape index (κ3) is 5.15. The van der Waals surface area contributed by atoms with Gasteiger partial charge in [-0.2, -0.15) is 0 Å². The van der Waals surface area contributed by atoms with Crippen LogP contribution in [0.2, 0.25) is 0 Å². The van der Waals surface area contributed by atoms with Crippen LogP contribution in [-0.4, -0.2) is 19.6 Å². The van der Waals surface area contributed by atoms with Crippen molar-refractivity contribution < 1.29 is 0 Å². The number of benzene rings is 1. The van der Waals surface area contributed by atoms with Crippen molar-refractivity contribution in [3.8, 4) is 0 Å². The quantitative estimate of drug-likeness (QED) is 0.704. The second-order valence-electron chi connectivity index (χ2n) is 5.20. The van der Waals surface area contributed by atoms with Gasteiger partial charge in [-0.1, -0.05) is 36.2 Å². The molecule has 1 N–H and O–H groups in total. The minimum atomic E-state index is 0.580. The summed E-state index contributed by atoms with van der Waals surface area (Å²) in [5.74, 6) is 0. The lowest BCUT2D eigenvalue weighted by atomic mass is 10.1. The molecule has 0 saturated carbocycles. The number of hydrogen-bond donors (Lipinski definition) is 1. The van der Waals surface area contributed by atoms with Gasteiger partial charge < -0.3 is 10.2 Å². The van der Waals surface area contributed by atoms with Crippen LogP contribution in [-0.2, 0) is 6.54 Å². The fourth-order valence-corrected chi connectivity index (χ4v) is 2.70. The fourth-order valence-electron chi connectivity index (χ4n) is 2.29. The van der Waals surface area contributed by atoms with Crippen molar-refractivity contribution in [2.75, 3.05) is 18.5 Å². The Morgan fingerprint density at radius 3 is 2.63 bits per heavy atom. The van der Waals surface area contributed by atoms with Crippen LogP contribution in [0, 0.1) is 0 Å². The number of rotatable bonds is 8. The van der Waals surface area contributed by atoms with Gasteiger partial charge in [0.1, 0.15) is 0 Å². The van der Waals surface area contributed by atoms with E-state index in [4.69, 9.17) is 0 Å². The van der Waals surface area contributed by atoms with Gasteiger partial charge in [-0.15, -0.1) is 0 Å². The first-order chi connectivity index (χ1) is 9.10. The lowest BCUT2D eigenvalue weighted by Gasteiger charge is -2.29. The van der Waals surface area contributed by atoms with Gasteiger partial charge in [0.15, 0.2) is 0 Å². The molecule has 1 unspecified atom stereocenters. The molecule has 0 amide bonds. The van der Waals surface area contributed by atoms with Gasteiger partial charge in [0.05, 0.1) is 0 Å². The standard InChI is InChI=1S/C16H27BrN2/c1-5-7-13(3)19(4)16-9-8-15(17)11-14(16)12-18-10-6-2/h8-9,11,13,18H,5-7,10,12H2,1-4H3. The molecule has 2 nitrogen and oxygen atoms in total. The highest BCUT2D eigenvalue weighted by atomic mass is 79.9. The zero-order valence-corrected chi connectivity index (χ0v) is 14.3. The maximum atomic E-state index is 3.58. The molecule has 1 aromatic carbocycles. The molecule has 0 aliphatic rings. The van der Waals surface area contributed by atoms with Gasteiger partial charge in [0.25, 0.3) is 0 Å². The maximum absolute atomic E-state index is 3.58. The molecule has 0 aliphatic heterocycles. The van der Waals surface area contributed by atoms with E-state index >= 15 is 0 Å². The average Bonchev–Trinajstić information content (AvgIpc) is 2.39. The number of anilines is 1. The van der Waals surface area contributed by atoms with Crippen LogP contribution >= 0.6 is 15.9 Å². The smallest absolute Gasteiger partial charge is 0.0412 e. The molecule has 0 radical (unpaired) electrons. The first kappa shape index (κ1) is 16.5. The van der Waals surface area contributed by atoms with E-state index in [1.165, 1.54) is 30.5 Å². The zero-order chi connectivity index (χ0) is 14.3. The largest absolute Gasteiger partial charge is 0.372 e. The van der Waals surface area contributed by atoms with E-state index in [9.17, 15) is 0 Å². The van der Waals surface area contributed by atoms with E-state index in [1.54, 1.807) is 0 Å². The van der Waals surface area contributed by atoms with Crippen molar-refractivity contribution in [1.29, 1.82) is 0 Å². The Labute approximate surface area is 126 Å². The van der Waals surface area contributed by atoms with Gasteiger partial charge in [-0.3, -0.25) is 0 Å². The third-order valence-electron chi connectivity index (χ3n) is 3.53. The first-order valence-corrected chi connectivity index (χ1v) is 8.11. The summed E-state index contributed by atoms with van der Waals surface area (Å²) in [5, 5.41) is 3.50. The average molecular weight is 327 g/mol. The van der Waals surface area contributed by atoms with E-state index in [0.29, 0.717) is 6.04 Å². The summed E-state index contributed by atoms with van der Waals surface area (Å²) in [4.78, 5) is 2.40. The van der Waals surface area contributed by atoms with Crippen molar-refractivity contribution in [2.24, 2.45) is 0 Å². The molecule has 3 heteroatoms. The van der Waals surface area contributed by atoms with E-state index in [2.05, 4.69) is 72.2 Å². The minimum Gasteiger partial charge on any atom is -0.372 e. The van der Waals surface area contributed by atoms with Crippen LogP contribution in [0.4, 0.5) is 5.69 Å². The molecular weight excluding hydrogens is 300 g/mol. The summed E-state index contributed by atoms with van der Waals surface area (Å²) in [6.45, 7) is 8.75. The van der Waals surface area contributed by atoms with Crippen LogP contribution in [0.25, 0.3) is 0 Å². The van der Waals surface area contributed by atoms with Crippen molar-refractivity contribution in [2.45, 2.75) is 52.6 Å². The van der Waals surface area contributed by atoms with Crippen molar-refractivity contribution in [3.63, 3.8) is 0 Å². The van der Waals surface area contributed by atoms with Gasteiger partial charge in [-0.05, 0) is 50.1 Å². The van der Waals surface area contributed by atoms with E-state index in [1.807, 2.05) is 0 Å². The molecule has 0 heterocycles. The van der Waals surface area contributed by atoms with Crippen LogP contribution in [0.15, 0.2) is 22.7 Å². The molecular formula is C16H27BrN2. The molecule has 0 aromatic heterocycles. The van der Waals surface area contributed by atoms with Crippen LogP contribution in [0.3, 0.4) is 0 Å². The Morgan fingerprint density at radius 2 is 2.00 bits per heavy atom. The number of hydrogen-bond acceptors (Lipinski definition) is 2. The molecule has 1 aromatic rings. The van der Waals surface area contributed by atoms with Crippen molar-refractivity contribution in [3.05, 3.63) is 28.2 Å². The summed E-state index contributed by atoms with van der Waals surface area (Å²) in [6, 6.07) is 7.16. The Morgan fingerprint density at radius 1 is 1.26 bits per heavy atom. The normalized spacial score (nSPS) is 12.5. The van der Waals surface area contributed by atoms with E-state index in [-0.39, 0.29) is 0 Å². The zero-order valence-electron chi connectivity index (χ0n) is 12.7. The summed E-state index contributed by atoms with van der Waals surface area (Å²) < 4.78 is 1.15. The summed E-state index contributed by atoms with van der Waals surface area (Å²) in [5.41, 5.74) is 2.71.